The number of ether oxygens (including phenoxy) is 2. The zero-order chi connectivity index (χ0) is 22.4. The maximum absolute atomic E-state index is 12.3. The largest absolute Gasteiger partial charge is 0.481 e. The van der Waals surface area contributed by atoms with Crippen molar-refractivity contribution in [1.29, 1.82) is 0 Å². The van der Waals surface area contributed by atoms with E-state index in [0.29, 0.717) is 17.0 Å². The predicted molar refractivity (Wildman–Crippen MR) is 112 cm³/mol. The highest BCUT2D eigenvalue weighted by Crippen LogP contribution is 2.21. The van der Waals surface area contributed by atoms with Crippen LogP contribution < -0.4 is 15.6 Å². The Kier molecular flexibility index (Phi) is 7.63. The fraction of sp³-hybridized carbons (Fsp3) is 0.409. The Morgan fingerprint density at radius 3 is 2.47 bits per heavy atom. The quantitative estimate of drug-likeness (QED) is 0.535. The molecule has 1 aromatic carbocycles. The summed E-state index contributed by atoms with van der Waals surface area (Å²) in [5, 5.41) is 0. The van der Waals surface area contributed by atoms with Crippen molar-refractivity contribution < 1.29 is 23.9 Å². The van der Waals surface area contributed by atoms with Crippen LogP contribution in [0.15, 0.2) is 24.3 Å². The number of hydrogen-bond donors (Lipinski definition) is 2. The summed E-state index contributed by atoms with van der Waals surface area (Å²) in [5.74, 6) is -0.714. The standard InChI is InChI=1S/C22H29N3O5/c1-7-29-22(28)18-11-14(3)25(16(18)5)12-20(26)23-24-21(27)17(6)30-19-10-8-9-13(2)15(19)4/h8-11,17H,7,12H2,1-6H3,(H,23,26)(H,24,27). The zero-order valence-electron chi connectivity index (χ0n) is 18.3. The minimum Gasteiger partial charge on any atom is -0.481 e. The molecule has 2 N–H and O–H groups in total. The maximum atomic E-state index is 12.3. The summed E-state index contributed by atoms with van der Waals surface area (Å²) in [6.45, 7) is 11.0. The average molecular weight is 415 g/mol. The second kappa shape index (κ2) is 9.96. The summed E-state index contributed by atoms with van der Waals surface area (Å²) in [4.78, 5) is 36.6. The molecular weight excluding hydrogens is 386 g/mol. The van der Waals surface area contributed by atoms with Crippen LogP contribution in [0.2, 0.25) is 0 Å². The lowest BCUT2D eigenvalue weighted by Gasteiger charge is -2.17. The topological polar surface area (TPSA) is 98.7 Å². The van der Waals surface area contributed by atoms with Crippen LogP contribution in [0.3, 0.4) is 0 Å². The van der Waals surface area contributed by atoms with Crippen molar-refractivity contribution in [3.05, 3.63) is 52.3 Å². The lowest BCUT2D eigenvalue weighted by Crippen LogP contribution is -2.48. The fourth-order valence-corrected chi connectivity index (χ4v) is 2.97. The van der Waals surface area contributed by atoms with Gasteiger partial charge in [-0.05, 0) is 64.8 Å². The van der Waals surface area contributed by atoms with Crippen molar-refractivity contribution in [3.63, 3.8) is 0 Å². The minimum absolute atomic E-state index is 0.0520. The molecule has 8 heteroatoms. The number of hydrogen-bond acceptors (Lipinski definition) is 5. The van der Waals surface area contributed by atoms with E-state index in [9.17, 15) is 14.4 Å². The molecule has 0 spiro atoms. The van der Waals surface area contributed by atoms with Gasteiger partial charge in [-0.1, -0.05) is 12.1 Å². The van der Waals surface area contributed by atoms with E-state index in [1.54, 1.807) is 44.4 Å². The number of hydrazine groups is 1. The molecule has 2 rings (SSSR count). The zero-order valence-corrected chi connectivity index (χ0v) is 18.3. The van der Waals surface area contributed by atoms with E-state index >= 15 is 0 Å². The van der Waals surface area contributed by atoms with Crippen LogP contribution >= 0.6 is 0 Å². The first-order valence-corrected chi connectivity index (χ1v) is 9.81. The molecule has 0 aliphatic carbocycles. The molecule has 0 radical (unpaired) electrons. The number of aromatic nitrogens is 1. The number of nitrogens with one attached hydrogen (secondary N) is 2. The van der Waals surface area contributed by atoms with Gasteiger partial charge in [0.05, 0.1) is 12.2 Å². The summed E-state index contributed by atoms with van der Waals surface area (Å²) in [5.41, 5.74) is 8.56. The van der Waals surface area contributed by atoms with Crippen LogP contribution in [0.25, 0.3) is 0 Å². The van der Waals surface area contributed by atoms with Crippen LogP contribution in [0.1, 0.15) is 46.7 Å². The van der Waals surface area contributed by atoms with Crippen LogP contribution in [-0.2, 0) is 20.9 Å². The Hall–Kier alpha value is -3.29. The fourth-order valence-electron chi connectivity index (χ4n) is 2.97. The number of amides is 2. The first-order chi connectivity index (χ1) is 14.1. The molecule has 1 aromatic heterocycles. The van der Waals surface area contributed by atoms with Crippen molar-refractivity contribution in [2.75, 3.05) is 6.61 Å². The summed E-state index contributed by atoms with van der Waals surface area (Å²) < 4.78 is 12.4. The summed E-state index contributed by atoms with van der Waals surface area (Å²) in [6, 6.07) is 7.30. The number of rotatable bonds is 7. The summed E-state index contributed by atoms with van der Waals surface area (Å²) in [6.07, 6.45) is -0.795. The lowest BCUT2D eigenvalue weighted by atomic mass is 10.1. The number of carbonyl (C=O) groups is 3. The van der Waals surface area contributed by atoms with Crippen LogP contribution in [0.5, 0.6) is 5.75 Å². The van der Waals surface area contributed by atoms with E-state index < -0.39 is 23.9 Å². The van der Waals surface area contributed by atoms with E-state index in [-0.39, 0.29) is 13.2 Å². The predicted octanol–water partition coefficient (Wildman–Crippen LogP) is 2.51. The lowest BCUT2D eigenvalue weighted by molar-refractivity contribution is -0.133. The van der Waals surface area contributed by atoms with Gasteiger partial charge in [0.2, 0.25) is 0 Å². The van der Waals surface area contributed by atoms with Gasteiger partial charge in [0, 0.05) is 11.4 Å². The van der Waals surface area contributed by atoms with Gasteiger partial charge in [-0.25, -0.2) is 4.79 Å². The Labute approximate surface area is 176 Å². The molecule has 2 amide bonds. The minimum atomic E-state index is -0.795. The van der Waals surface area contributed by atoms with Crippen LogP contribution in [0, 0.1) is 27.7 Å². The molecule has 0 aliphatic heterocycles. The highest BCUT2D eigenvalue weighted by molar-refractivity contribution is 5.91. The number of nitrogens with zero attached hydrogens (tertiary/aromatic N) is 1. The monoisotopic (exact) mass is 415 g/mol. The van der Waals surface area contributed by atoms with E-state index in [2.05, 4.69) is 10.9 Å². The third-order valence-electron chi connectivity index (χ3n) is 4.92. The van der Waals surface area contributed by atoms with Crippen LogP contribution in [0.4, 0.5) is 0 Å². The van der Waals surface area contributed by atoms with E-state index in [1.165, 1.54) is 0 Å². The van der Waals surface area contributed by atoms with Gasteiger partial charge in [-0.3, -0.25) is 20.4 Å². The first kappa shape index (κ1) is 23.0. The number of carbonyl (C=O) groups excluding carboxylic acids is 3. The molecule has 0 bridgehead atoms. The molecule has 2 aromatic rings. The average Bonchev–Trinajstić information content (AvgIpc) is 2.98. The Bertz CT molecular complexity index is 948. The molecule has 0 fully saturated rings. The number of esters is 1. The Morgan fingerprint density at radius 2 is 1.80 bits per heavy atom. The van der Waals surface area contributed by atoms with Gasteiger partial charge in [0.25, 0.3) is 11.8 Å². The van der Waals surface area contributed by atoms with Gasteiger partial charge in [0.1, 0.15) is 12.3 Å². The number of benzene rings is 1. The molecule has 0 saturated carbocycles. The molecule has 30 heavy (non-hydrogen) atoms. The van der Waals surface area contributed by atoms with Crippen molar-refractivity contribution >= 4 is 17.8 Å². The Balaban J connectivity index is 1.93. The maximum Gasteiger partial charge on any atom is 0.339 e. The summed E-state index contributed by atoms with van der Waals surface area (Å²) >= 11 is 0. The molecule has 8 nitrogen and oxygen atoms in total. The van der Waals surface area contributed by atoms with Gasteiger partial charge < -0.3 is 14.0 Å². The van der Waals surface area contributed by atoms with Gasteiger partial charge in [-0.2, -0.15) is 0 Å². The number of aryl methyl sites for hydroxylation is 2. The Morgan fingerprint density at radius 1 is 1.10 bits per heavy atom. The van der Waals surface area contributed by atoms with E-state index in [1.807, 2.05) is 26.0 Å². The van der Waals surface area contributed by atoms with Crippen molar-refractivity contribution in [3.8, 4) is 5.75 Å². The smallest absolute Gasteiger partial charge is 0.339 e. The van der Waals surface area contributed by atoms with Gasteiger partial charge in [-0.15, -0.1) is 0 Å². The molecule has 1 unspecified atom stereocenters. The van der Waals surface area contributed by atoms with Gasteiger partial charge in [0.15, 0.2) is 6.10 Å². The summed E-state index contributed by atoms with van der Waals surface area (Å²) in [7, 11) is 0. The third kappa shape index (κ3) is 5.40. The van der Waals surface area contributed by atoms with E-state index in [0.717, 1.165) is 16.8 Å². The highest BCUT2D eigenvalue weighted by atomic mass is 16.5. The molecule has 0 saturated heterocycles. The third-order valence-corrected chi connectivity index (χ3v) is 4.92. The van der Waals surface area contributed by atoms with Crippen molar-refractivity contribution in [2.24, 2.45) is 0 Å². The first-order valence-electron chi connectivity index (χ1n) is 9.81. The highest BCUT2D eigenvalue weighted by Gasteiger charge is 2.20. The molecule has 1 heterocycles. The SMILES string of the molecule is CCOC(=O)c1cc(C)n(CC(=O)NNC(=O)C(C)Oc2cccc(C)c2C)c1C. The van der Waals surface area contributed by atoms with Gasteiger partial charge >= 0.3 is 5.97 Å². The normalized spacial score (nSPS) is 11.5. The van der Waals surface area contributed by atoms with Crippen LogP contribution in [-0.4, -0.2) is 35.1 Å². The molecule has 0 aliphatic rings. The second-order valence-corrected chi connectivity index (χ2v) is 7.09. The molecular formula is C22H29N3O5. The van der Waals surface area contributed by atoms with Crippen molar-refractivity contribution in [2.45, 2.75) is 54.2 Å². The molecule has 1 atom stereocenters. The van der Waals surface area contributed by atoms with E-state index in [4.69, 9.17) is 9.47 Å². The van der Waals surface area contributed by atoms with Crippen molar-refractivity contribution in [1.82, 2.24) is 15.4 Å². The second-order valence-electron chi connectivity index (χ2n) is 7.09. The molecule has 162 valence electrons.